The maximum absolute atomic E-state index is 5.47. The second kappa shape index (κ2) is 10.1. The topological polar surface area (TPSA) is 124 Å². The van der Waals surface area contributed by atoms with Crippen LogP contribution in [0.1, 0.15) is 37.2 Å². The summed E-state index contributed by atoms with van der Waals surface area (Å²) in [5, 5.41) is 4.60. The summed E-state index contributed by atoms with van der Waals surface area (Å²) in [6, 6.07) is 12.0. The fourth-order valence-corrected chi connectivity index (χ4v) is 3.99. The summed E-state index contributed by atoms with van der Waals surface area (Å²) >= 11 is 0. The summed E-state index contributed by atoms with van der Waals surface area (Å²) in [6.45, 7) is 0.700. The van der Waals surface area contributed by atoms with Gasteiger partial charge in [-0.05, 0) is 74.1 Å². The van der Waals surface area contributed by atoms with Crippen LogP contribution >= 0.6 is 0 Å². The van der Waals surface area contributed by atoms with Gasteiger partial charge in [0.2, 0.25) is 0 Å². The minimum atomic E-state index is 0.165. The van der Waals surface area contributed by atoms with Crippen LogP contribution in [-0.4, -0.2) is 40.6 Å². The number of guanidine groups is 1. The van der Waals surface area contributed by atoms with Crippen molar-refractivity contribution in [2.24, 2.45) is 22.4 Å². The van der Waals surface area contributed by atoms with E-state index in [1.807, 2.05) is 48.6 Å². The molecule has 5 N–H and O–H groups in total. The van der Waals surface area contributed by atoms with Crippen molar-refractivity contribution in [3.05, 3.63) is 54.1 Å². The average molecular weight is 432 g/mol. The Morgan fingerprint density at radius 1 is 1.12 bits per heavy atom. The van der Waals surface area contributed by atoms with Crippen LogP contribution in [0.3, 0.4) is 0 Å². The third-order valence-corrected chi connectivity index (χ3v) is 5.73. The van der Waals surface area contributed by atoms with Crippen LogP contribution in [0.2, 0.25) is 0 Å². The lowest BCUT2D eigenvalue weighted by molar-refractivity contribution is 0.345. The van der Waals surface area contributed by atoms with E-state index < -0.39 is 0 Å². The standard InChI is InChI=1S/C24H29N7O/c1-32-19-10-11-21-20(14-19)23(29-18-7-5-16(6-8-18)15-28-24(25)26)31-22(30-21)12-9-17-4-2-3-13-27-17/h2-4,9-14,16,18H,5-8,15H2,1H3,(H4,25,26,28)(H,29,30,31)/b12-9+. The fourth-order valence-electron chi connectivity index (χ4n) is 3.99. The average Bonchev–Trinajstić information content (AvgIpc) is 2.82. The predicted molar refractivity (Wildman–Crippen MR) is 129 cm³/mol. The van der Waals surface area contributed by atoms with Crippen molar-refractivity contribution in [2.45, 2.75) is 31.7 Å². The molecule has 1 saturated carbocycles. The molecular weight excluding hydrogens is 402 g/mol. The number of fused-ring (bicyclic) bond motifs is 1. The molecule has 0 radical (unpaired) electrons. The number of nitrogens with two attached hydrogens (primary N) is 2. The molecule has 4 rings (SSSR count). The van der Waals surface area contributed by atoms with E-state index in [4.69, 9.17) is 26.2 Å². The Kier molecular flexibility index (Phi) is 6.79. The van der Waals surface area contributed by atoms with E-state index in [2.05, 4.69) is 15.3 Å². The molecule has 32 heavy (non-hydrogen) atoms. The zero-order valence-corrected chi connectivity index (χ0v) is 18.2. The molecule has 8 nitrogen and oxygen atoms in total. The molecule has 2 aromatic heterocycles. The van der Waals surface area contributed by atoms with Gasteiger partial charge in [-0.2, -0.15) is 0 Å². The Bertz CT molecular complexity index is 1100. The van der Waals surface area contributed by atoms with Crippen molar-refractivity contribution >= 4 is 34.8 Å². The summed E-state index contributed by atoms with van der Waals surface area (Å²) in [5.41, 5.74) is 12.7. The Morgan fingerprint density at radius 2 is 1.97 bits per heavy atom. The monoisotopic (exact) mass is 431 g/mol. The lowest BCUT2D eigenvalue weighted by Gasteiger charge is -2.29. The Hall–Kier alpha value is -3.68. The molecule has 1 aliphatic rings. The molecule has 0 saturated heterocycles. The normalized spacial score (nSPS) is 18.5. The van der Waals surface area contributed by atoms with E-state index in [-0.39, 0.29) is 5.96 Å². The minimum absolute atomic E-state index is 0.165. The van der Waals surface area contributed by atoms with Crippen LogP contribution < -0.4 is 21.5 Å². The van der Waals surface area contributed by atoms with Crippen LogP contribution in [0.15, 0.2) is 47.6 Å². The van der Waals surface area contributed by atoms with E-state index in [1.54, 1.807) is 13.3 Å². The highest BCUT2D eigenvalue weighted by Crippen LogP contribution is 2.30. The smallest absolute Gasteiger partial charge is 0.185 e. The molecule has 2 heterocycles. The van der Waals surface area contributed by atoms with Crippen molar-refractivity contribution in [2.75, 3.05) is 19.0 Å². The second-order valence-electron chi connectivity index (χ2n) is 8.03. The number of nitrogens with zero attached hydrogens (tertiary/aromatic N) is 4. The van der Waals surface area contributed by atoms with E-state index in [1.165, 1.54) is 0 Å². The molecular formula is C24H29N7O. The van der Waals surface area contributed by atoms with Gasteiger partial charge in [0.05, 0.1) is 18.3 Å². The van der Waals surface area contributed by atoms with Gasteiger partial charge in [0.1, 0.15) is 11.6 Å². The third-order valence-electron chi connectivity index (χ3n) is 5.73. The number of anilines is 1. The largest absolute Gasteiger partial charge is 0.497 e. The molecule has 0 bridgehead atoms. The molecule has 3 aromatic rings. The summed E-state index contributed by atoms with van der Waals surface area (Å²) in [4.78, 5) is 18.0. The number of hydrogen-bond acceptors (Lipinski definition) is 6. The van der Waals surface area contributed by atoms with Crippen molar-refractivity contribution < 1.29 is 4.74 Å². The Balaban J connectivity index is 1.56. The minimum Gasteiger partial charge on any atom is -0.497 e. The molecule has 0 spiro atoms. The third kappa shape index (κ3) is 5.51. The zero-order valence-electron chi connectivity index (χ0n) is 18.2. The van der Waals surface area contributed by atoms with Gasteiger partial charge in [-0.1, -0.05) is 6.07 Å². The summed E-state index contributed by atoms with van der Waals surface area (Å²) in [5.74, 6) is 2.92. The van der Waals surface area contributed by atoms with Crippen LogP contribution in [0.4, 0.5) is 5.82 Å². The molecule has 0 amide bonds. The van der Waals surface area contributed by atoms with Gasteiger partial charge in [-0.25, -0.2) is 9.97 Å². The van der Waals surface area contributed by atoms with Crippen LogP contribution in [-0.2, 0) is 0 Å². The number of benzene rings is 1. The van der Waals surface area contributed by atoms with Gasteiger partial charge in [0, 0.05) is 24.2 Å². The molecule has 0 unspecified atom stereocenters. The molecule has 0 atom stereocenters. The highest BCUT2D eigenvalue weighted by Gasteiger charge is 2.22. The number of ether oxygens (including phenoxy) is 1. The molecule has 1 fully saturated rings. The van der Waals surface area contributed by atoms with Crippen molar-refractivity contribution in [1.29, 1.82) is 0 Å². The summed E-state index contributed by atoms with van der Waals surface area (Å²) < 4.78 is 5.42. The van der Waals surface area contributed by atoms with E-state index in [9.17, 15) is 0 Å². The van der Waals surface area contributed by atoms with Crippen molar-refractivity contribution in [3.63, 3.8) is 0 Å². The zero-order chi connectivity index (χ0) is 22.3. The second-order valence-corrected chi connectivity index (χ2v) is 8.03. The van der Waals surface area contributed by atoms with Crippen LogP contribution in [0.5, 0.6) is 5.75 Å². The Morgan fingerprint density at radius 3 is 2.69 bits per heavy atom. The quantitative estimate of drug-likeness (QED) is 0.386. The van der Waals surface area contributed by atoms with Crippen molar-refractivity contribution in [1.82, 2.24) is 15.0 Å². The molecule has 166 valence electrons. The van der Waals surface area contributed by atoms with Gasteiger partial charge < -0.3 is 21.5 Å². The molecule has 8 heteroatoms. The van der Waals surface area contributed by atoms with Crippen LogP contribution in [0.25, 0.3) is 23.1 Å². The first kappa shape index (κ1) is 21.5. The first-order valence-electron chi connectivity index (χ1n) is 10.9. The van der Waals surface area contributed by atoms with Gasteiger partial charge >= 0.3 is 0 Å². The van der Waals surface area contributed by atoms with E-state index in [0.717, 1.165) is 53.8 Å². The number of aromatic nitrogens is 3. The molecule has 0 aliphatic heterocycles. The van der Waals surface area contributed by atoms with E-state index in [0.29, 0.717) is 24.3 Å². The lowest BCUT2D eigenvalue weighted by atomic mass is 9.86. The number of aliphatic imine (C=N–C) groups is 1. The first-order chi connectivity index (χ1) is 15.6. The highest BCUT2D eigenvalue weighted by atomic mass is 16.5. The first-order valence-corrected chi connectivity index (χ1v) is 10.9. The lowest BCUT2D eigenvalue weighted by Crippen LogP contribution is -2.29. The van der Waals surface area contributed by atoms with Gasteiger partial charge in [-0.15, -0.1) is 0 Å². The molecule has 1 aliphatic carbocycles. The SMILES string of the molecule is COc1ccc2nc(/C=C/c3ccccn3)nc(NC3CCC(CN=C(N)N)CC3)c2c1. The maximum atomic E-state index is 5.47. The van der Waals surface area contributed by atoms with Gasteiger partial charge in [0.25, 0.3) is 0 Å². The van der Waals surface area contributed by atoms with Crippen LogP contribution in [0, 0.1) is 5.92 Å². The maximum Gasteiger partial charge on any atom is 0.185 e. The number of pyridine rings is 1. The number of methoxy groups -OCH3 is 1. The number of nitrogens with one attached hydrogen (secondary N) is 1. The molecule has 1 aromatic carbocycles. The Labute approximate surface area is 187 Å². The van der Waals surface area contributed by atoms with E-state index >= 15 is 0 Å². The van der Waals surface area contributed by atoms with Gasteiger partial charge in [0.15, 0.2) is 11.8 Å². The number of rotatable bonds is 7. The fraction of sp³-hybridized carbons (Fsp3) is 0.333. The summed E-state index contributed by atoms with van der Waals surface area (Å²) in [7, 11) is 1.66. The van der Waals surface area contributed by atoms with Gasteiger partial charge in [-0.3, -0.25) is 9.98 Å². The highest BCUT2D eigenvalue weighted by molar-refractivity contribution is 5.91. The summed E-state index contributed by atoms with van der Waals surface area (Å²) in [6.07, 6.45) is 9.81. The predicted octanol–water partition coefficient (Wildman–Crippen LogP) is 3.45. The number of hydrogen-bond donors (Lipinski definition) is 3. The van der Waals surface area contributed by atoms with Crippen molar-refractivity contribution in [3.8, 4) is 5.75 Å².